The van der Waals surface area contributed by atoms with E-state index in [9.17, 15) is 19.2 Å². The van der Waals surface area contributed by atoms with Gasteiger partial charge in [-0.2, -0.15) is 0 Å². The Hall–Kier alpha value is -3.68. The van der Waals surface area contributed by atoms with E-state index in [2.05, 4.69) is 10.1 Å². The molecular formula is C20H20N2O6. The van der Waals surface area contributed by atoms with Crippen molar-refractivity contribution in [3.63, 3.8) is 0 Å². The lowest BCUT2D eigenvalue weighted by Gasteiger charge is -2.08. The number of ether oxygens (including phenoxy) is 2. The number of carbonyl (C=O) groups is 4. The first-order valence-corrected chi connectivity index (χ1v) is 8.55. The fraction of sp³-hybridized carbons (Fsp3) is 0.200. The van der Waals surface area contributed by atoms with Crippen molar-refractivity contribution in [2.75, 3.05) is 11.9 Å². The fourth-order valence-electron chi connectivity index (χ4n) is 2.17. The number of hydrogen-bond acceptors (Lipinski definition) is 6. The van der Waals surface area contributed by atoms with Crippen molar-refractivity contribution in [2.24, 2.45) is 0 Å². The van der Waals surface area contributed by atoms with Crippen molar-refractivity contribution in [1.82, 2.24) is 5.32 Å². The molecular weight excluding hydrogens is 364 g/mol. The summed E-state index contributed by atoms with van der Waals surface area (Å²) < 4.78 is 9.84. The zero-order valence-electron chi connectivity index (χ0n) is 15.3. The first kappa shape index (κ1) is 20.6. The van der Waals surface area contributed by atoms with E-state index in [0.29, 0.717) is 11.3 Å². The summed E-state index contributed by atoms with van der Waals surface area (Å²) in [5.41, 5.74) is 1.56. The van der Waals surface area contributed by atoms with Crippen LogP contribution in [0.4, 0.5) is 10.5 Å². The Labute approximate surface area is 161 Å². The van der Waals surface area contributed by atoms with Crippen LogP contribution in [0, 0.1) is 0 Å². The number of imide groups is 1. The molecule has 2 rings (SSSR count). The van der Waals surface area contributed by atoms with Crippen LogP contribution in [-0.4, -0.2) is 30.5 Å². The molecule has 0 aromatic heterocycles. The van der Waals surface area contributed by atoms with Crippen molar-refractivity contribution in [3.8, 4) is 0 Å². The largest absolute Gasteiger partial charge is 0.466 e. The fourth-order valence-corrected chi connectivity index (χ4v) is 2.17. The van der Waals surface area contributed by atoms with Gasteiger partial charge in [-0.05, 0) is 36.8 Å². The highest BCUT2D eigenvalue weighted by atomic mass is 16.5. The van der Waals surface area contributed by atoms with Gasteiger partial charge in [-0.15, -0.1) is 0 Å². The van der Waals surface area contributed by atoms with Gasteiger partial charge in [0.2, 0.25) is 5.91 Å². The van der Waals surface area contributed by atoms with Crippen LogP contribution in [0.25, 0.3) is 0 Å². The molecule has 0 saturated heterocycles. The van der Waals surface area contributed by atoms with Crippen LogP contribution >= 0.6 is 0 Å². The smallest absolute Gasteiger partial charge is 0.338 e. The number of benzene rings is 2. The summed E-state index contributed by atoms with van der Waals surface area (Å²) in [6.45, 7) is 1.92. The normalized spacial score (nSPS) is 9.89. The lowest BCUT2D eigenvalue weighted by atomic mass is 10.2. The number of anilines is 1. The highest BCUT2D eigenvalue weighted by Gasteiger charge is 2.14. The molecule has 28 heavy (non-hydrogen) atoms. The van der Waals surface area contributed by atoms with Gasteiger partial charge in [0.05, 0.1) is 12.2 Å². The van der Waals surface area contributed by atoms with Crippen LogP contribution in [0.5, 0.6) is 0 Å². The molecule has 8 nitrogen and oxygen atoms in total. The van der Waals surface area contributed by atoms with Crippen molar-refractivity contribution >= 4 is 29.6 Å². The first-order valence-electron chi connectivity index (χ1n) is 8.55. The number of hydrogen-bond donors (Lipinski definition) is 2. The Morgan fingerprint density at radius 3 is 2.21 bits per heavy atom. The average molecular weight is 384 g/mol. The number of amides is 3. The van der Waals surface area contributed by atoms with E-state index in [0.717, 1.165) is 5.56 Å². The van der Waals surface area contributed by atoms with E-state index in [-0.39, 0.29) is 13.2 Å². The molecule has 0 heterocycles. The lowest BCUT2D eigenvalue weighted by molar-refractivity contribution is -0.145. The summed E-state index contributed by atoms with van der Waals surface area (Å²) in [7, 11) is 0. The van der Waals surface area contributed by atoms with E-state index in [1.165, 1.54) is 24.3 Å². The Balaban J connectivity index is 1.81. The van der Waals surface area contributed by atoms with Crippen LogP contribution in [0.2, 0.25) is 0 Å². The number of rotatable bonds is 7. The molecule has 0 saturated carbocycles. The summed E-state index contributed by atoms with van der Waals surface area (Å²) >= 11 is 0. The summed E-state index contributed by atoms with van der Waals surface area (Å²) in [5, 5.41) is 4.44. The van der Waals surface area contributed by atoms with Crippen molar-refractivity contribution in [1.29, 1.82) is 0 Å². The third kappa shape index (κ3) is 6.91. The Kier molecular flexibility index (Phi) is 7.71. The van der Waals surface area contributed by atoms with Crippen molar-refractivity contribution in [3.05, 3.63) is 65.7 Å². The Bertz CT molecular complexity index is 834. The zero-order valence-corrected chi connectivity index (χ0v) is 15.3. The van der Waals surface area contributed by atoms with Gasteiger partial charge in [-0.3, -0.25) is 14.9 Å². The van der Waals surface area contributed by atoms with E-state index < -0.39 is 30.3 Å². The van der Waals surface area contributed by atoms with Crippen LogP contribution in [0.15, 0.2) is 54.6 Å². The number of urea groups is 1. The number of carbonyl (C=O) groups excluding carboxylic acids is 4. The maximum atomic E-state index is 12.0. The number of nitrogens with one attached hydrogen (secondary N) is 2. The minimum atomic E-state index is -0.797. The Morgan fingerprint density at radius 1 is 0.893 bits per heavy atom. The quantitative estimate of drug-likeness (QED) is 0.561. The summed E-state index contributed by atoms with van der Waals surface area (Å²) in [6, 6.07) is 14.4. The molecule has 8 heteroatoms. The SMILES string of the molecule is CCOC(=O)CC(=O)NC(=O)Nc1ccc(C(=O)OCc2ccccc2)cc1. The predicted molar refractivity (Wildman–Crippen MR) is 100 cm³/mol. The van der Waals surface area contributed by atoms with Crippen LogP contribution in [-0.2, 0) is 25.7 Å². The van der Waals surface area contributed by atoms with Gasteiger partial charge in [0.1, 0.15) is 13.0 Å². The molecule has 0 bridgehead atoms. The Morgan fingerprint density at radius 2 is 1.57 bits per heavy atom. The molecule has 0 aliphatic heterocycles. The maximum Gasteiger partial charge on any atom is 0.338 e. The summed E-state index contributed by atoms with van der Waals surface area (Å²) in [5.74, 6) is -1.99. The third-order valence-corrected chi connectivity index (χ3v) is 3.45. The highest BCUT2D eigenvalue weighted by molar-refractivity contribution is 6.06. The molecule has 0 atom stereocenters. The second-order valence-electron chi connectivity index (χ2n) is 5.62. The van der Waals surface area contributed by atoms with E-state index in [1.54, 1.807) is 6.92 Å². The second-order valence-corrected chi connectivity index (χ2v) is 5.62. The lowest BCUT2D eigenvalue weighted by Crippen LogP contribution is -2.35. The molecule has 0 unspecified atom stereocenters. The van der Waals surface area contributed by atoms with E-state index in [1.807, 2.05) is 35.6 Å². The zero-order chi connectivity index (χ0) is 20.4. The summed E-state index contributed by atoms with van der Waals surface area (Å²) in [4.78, 5) is 46.5. The highest BCUT2D eigenvalue weighted by Crippen LogP contribution is 2.11. The molecule has 0 radical (unpaired) electrons. The van der Waals surface area contributed by atoms with Gasteiger partial charge in [0, 0.05) is 5.69 Å². The predicted octanol–water partition coefficient (Wildman–Crippen LogP) is 2.64. The monoisotopic (exact) mass is 384 g/mol. The molecule has 2 aromatic rings. The van der Waals surface area contributed by atoms with E-state index >= 15 is 0 Å². The third-order valence-electron chi connectivity index (χ3n) is 3.45. The van der Waals surface area contributed by atoms with E-state index in [4.69, 9.17) is 4.74 Å². The van der Waals surface area contributed by atoms with Gasteiger partial charge in [0.15, 0.2) is 0 Å². The number of esters is 2. The molecule has 2 N–H and O–H groups in total. The molecule has 3 amide bonds. The topological polar surface area (TPSA) is 111 Å². The minimum absolute atomic E-state index is 0.151. The molecule has 0 spiro atoms. The second kappa shape index (κ2) is 10.5. The van der Waals surface area contributed by atoms with Crippen LogP contribution in [0.1, 0.15) is 29.3 Å². The molecule has 0 aliphatic rings. The maximum absolute atomic E-state index is 12.0. The van der Waals surface area contributed by atoms with Crippen LogP contribution in [0.3, 0.4) is 0 Å². The molecule has 146 valence electrons. The minimum Gasteiger partial charge on any atom is -0.466 e. The molecule has 2 aromatic carbocycles. The van der Waals surface area contributed by atoms with Crippen molar-refractivity contribution in [2.45, 2.75) is 20.0 Å². The van der Waals surface area contributed by atoms with Crippen molar-refractivity contribution < 1.29 is 28.7 Å². The van der Waals surface area contributed by atoms with Gasteiger partial charge < -0.3 is 14.8 Å². The van der Waals surface area contributed by atoms with Gasteiger partial charge in [0.25, 0.3) is 0 Å². The first-order chi connectivity index (χ1) is 13.5. The average Bonchev–Trinajstić information content (AvgIpc) is 2.67. The van der Waals surface area contributed by atoms with Gasteiger partial charge >= 0.3 is 18.0 Å². The van der Waals surface area contributed by atoms with Gasteiger partial charge in [-0.25, -0.2) is 9.59 Å². The van der Waals surface area contributed by atoms with Gasteiger partial charge in [-0.1, -0.05) is 30.3 Å². The van der Waals surface area contributed by atoms with Crippen LogP contribution < -0.4 is 10.6 Å². The molecule has 0 aliphatic carbocycles. The standard InChI is InChI=1S/C20H20N2O6/c1-2-27-18(24)12-17(23)22-20(26)21-16-10-8-15(9-11-16)19(25)28-13-14-6-4-3-5-7-14/h3-11H,2,12-13H2,1H3,(H2,21,22,23,26). The molecule has 0 fully saturated rings. The summed E-state index contributed by atoms with van der Waals surface area (Å²) in [6.07, 6.45) is -0.548.